The van der Waals surface area contributed by atoms with Crippen LogP contribution in [0, 0.1) is 0 Å². The predicted molar refractivity (Wildman–Crippen MR) is 70.8 cm³/mol. The first-order valence-corrected chi connectivity index (χ1v) is 6.37. The van der Waals surface area contributed by atoms with E-state index in [0.29, 0.717) is 0 Å². The summed E-state index contributed by atoms with van der Waals surface area (Å²) in [6.07, 6.45) is 0.773. The fourth-order valence-electron chi connectivity index (χ4n) is 1.61. The molecule has 1 aromatic carbocycles. The van der Waals surface area contributed by atoms with Gasteiger partial charge in [-0.25, -0.2) is 0 Å². The Bertz CT molecular complexity index is 379. The summed E-state index contributed by atoms with van der Waals surface area (Å²) < 4.78 is 1.05. The van der Waals surface area contributed by atoms with E-state index in [9.17, 15) is 4.79 Å². The topological polar surface area (TPSA) is 29.1 Å². The van der Waals surface area contributed by atoms with E-state index in [1.54, 1.807) is 0 Å². The number of alkyl halides is 1. The average Bonchev–Trinajstić information content (AvgIpc) is 2.15. The first-order valence-electron chi connectivity index (χ1n) is 5.04. The molecule has 0 fully saturated rings. The second kappa shape index (κ2) is 5.69. The van der Waals surface area contributed by atoms with Crippen LogP contribution in [-0.4, -0.2) is 17.3 Å². The Balaban J connectivity index is 2.68. The van der Waals surface area contributed by atoms with Crippen molar-refractivity contribution in [3.63, 3.8) is 0 Å². The van der Waals surface area contributed by atoms with Crippen LogP contribution in [-0.2, 0) is 11.2 Å². The molecule has 0 heterocycles. The van der Waals surface area contributed by atoms with Gasteiger partial charge in [-0.15, -0.1) is 11.6 Å². The predicted octanol–water partition coefficient (Wildman–Crippen LogP) is 3.13. The van der Waals surface area contributed by atoms with Crippen LogP contribution < -0.4 is 5.32 Å². The van der Waals surface area contributed by atoms with Crippen LogP contribution in [0.15, 0.2) is 28.7 Å². The van der Waals surface area contributed by atoms with Gasteiger partial charge in [0.15, 0.2) is 0 Å². The van der Waals surface area contributed by atoms with E-state index in [2.05, 4.69) is 27.3 Å². The molecule has 16 heavy (non-hydrogen) atoms. The molecule has 0 saturated carbocycles. The number of hydrogen-bond donors (Lipinski definition) is 1. The minimum Gasteiger partial charge on any atom is -0.350 e. The van der Waals surface area contributed by atoms with Crippen molar-refractivity contribution < 1.29 is 4.79 Å². The molecular formula is C12H15BrClNO. The summed E-state index contributed by atoms with van der Waals surface area (Å²) in [4.78, 5) is 11.2. The molecule has 0 spiro atoms. The van der Waals surface area contributed by atoms with Gasteiger partial charge in [0.25, 0.3) is 0 Å². The number of nitrogens with one attached hydrogen (secondary N) is 1. The van der Waals surface area contributed by atoms with Gasteiger partial charge in [-0.1, -0.05) is 28.1 Å². The Morgan fingerprint density at radius 1 is 1.50 bits per heavy atom. The number of hydrogen-bond acceptors (Lipinski definition) is 1. The Labute approximate surface area is 110 Å². The second-order valence-electron chi connectivity index (χ2n) is 4.37. The van der Waals surface area contributed by atoms with Crippen LogP contribution in [0.4, 0.5) is 0 Å². The van der Waals surface area contributed by atoms with Crippen molar-refractivity contribution in [2.75, 3.05) is 5.88 Å². The lowest BCUT2D eigenvalue weighted by molar-refractivity contribution is -0.120. The van der Waals surface area contributed by atoms with Gasteiger partial charge >= 0.3 is 0 Å². The van der Waals surface area contributed by atoms with Gasteiger partial charge in [-0.2, -0.15) is 0 Å². The maximum Gasteiger partial charge on any atom is 0.235 e. The summed E-state index contributed by atoms with van der Waals surface area (Å²) in [7, 11) is 0. The zero-order valence-corrected chi connectivity index (χ0v) is 11.7. The fraction of sp³-hybridized carbons (Fsp3) is 0.417. The quantitative estimate of drug-likeness (QED) is 0.851. The smallest absolute Gasteiger partial charge is 0.235 e. The van der Waals surface area contributed by atoms with Gasteiger partial charge in [0.2, 0.25) is 5.91 Å². The van der Waals surface area contributed by atoms with E-state index >= 15 is 0 Å². The van der Waals surface area contributed by atoms with Gasteiger partial charge in [0.05, 0.1) is 0 Å². The number of halogens is 2. The summed E-state index contributed by atoms with van der Waals surface area (Å²) in [5, 5.41) is 2.89. The van der Waals surface area contributed by atoms with Crippen molar-refractivity contribution >= 4 is 33.4 Å². The Kier molecular flexibility index (Phi) is 4.81. The monoisotopic (exact) mass is 303 g/mol. The number of benzene rings is 1. The summed E-state index contributed by atoms with van der Waals surface area (Å²) in [5.74, 6) is -0.135. The molecule has 0 unspecified atom stereocenters. The van der Waals surface area contributed by atoms with Crippen LogP contribution in [0.25, 0.3) is 0 Å². The normalized spacial score (nSPS) is 11.2. The van der Waals surface area contributed by atoms with Gasteiger partial charge in [0, 0.05) is 10.0 Å². The van der Waals surface area contributed by atoms with E-state index < -0.39 is 0 Å². The molecule has 0 aromatic heterocycles. The van der Waals surface area contributed by atoms with Gasteiger partial charge in [-0.05, 0) is 38.0 Å². The highest BCUT2D eigenvalue weighted by molar-refractivity contribution is 9.10. The number of amides is 1. The first-order chi connectivity index (χ1) is 7.43. The van der Waals surface area contributed by atoms with Crippen molar-refractivity contribution in [1.29, 1.82) is 0 Å². The highest BCUT2D eigenvalue weighted by Gasteiger charge is 2.20. The zero-order valence-electron chi connectivity index (χ0n) is 9.39. The van der Waals surface area contributed by atoms with E-state index in [4.69, 9.17) is 11.6 Å². The molecule has 1 aromatic rings. The number of carbonyl (C=O) groups is 1. The minimum absolute atomic E-state index is 0.00190. The molecule has 0 aliphatic rings. The van der Waals surface area contributed by atoms with Crippen molar-refractivity contribution in [2.45, 2.75) is 25.8 Å². The lowest BCUT2D eigenvalue weighted by Gasteiger charge is -2.26. The Hall–Kier alpha value is -0.540. The molecule has 1 N–H and O–H groups in total. The lowest BCUT2D eigenvalue weighted by atomic mass is 9.95. The molecule has 0 saturated heterocycles. The summed E-state index contributed by atoms with van der Waals surface area (Å²) in [6.45, 7) is 3.97. The highest BCUT2D eigenvalue weighted by atomic mass is 79.9. The van der Waals surface area contributed by atoms with E-state index in [1.165, 1.54) is 5.56 Å². The van der Waals surface area contributed by atoms with Gasteiger partial charge in [0.1, 0.15) is 5.88 Å². The van der Waals surface area contributed by atoms with Crippen molar-refractivity contribution in [1.82, 2.24) is 5.32 Å². The molecule has 0 aliphatic heterocycles. The lowest BCUT2D eigenvalue weighted by Crippen LogP contribution is -2.45. The van der Waals surface area contributed by atoms with Gasteiger partial charge < -0.3 is 5.32 Å². The third kappa shape index (κ3) is 4.54. The molecule has 1 amide bonds. The molecule has 1 rings (SSSR count). The molecular weight excluding hydrogens is 289 g/mol. The largest absolute Gasteiger partial charge is 0.350 e. The Morgan fingerprint density at radius 3 is 2.75 bits per heavy atom. The third-order valence-corrected chi connectivity index (χ3v) is 2.87. The SMILES string of the molecule is CC(C)(Cc1cccc(Br)c1)NC(=O)CCl. The maximum absolute atomic E-state index is 11.2. The van der Waals surface area contributed by atoms with Crippen LogP contribution in [0.3, 0.4) is 0 Å². The summed E-state index contributed by atoms with van der Waals surface area (Å²) in [6, 6.07) is 8.06. The van der Waals surface area contributed by atoms with E-state index in [-0.39, 0.29) is 17.3 Å². The molecule has 88 valence electrons. The molecule has 0 bridgehead atoms. The summed E-state index contributed by atoms with van der Waals surface area (Å²) in [5.41, 5.74) is 0.890. The Morgan fingerprint density at radius 2 is 2.19 bits per heavy atom. The van der Waals surface area contributed by atoms with Crippen LogP contribution in [0.1, 0.15) is 19.4 Å². The number of rotatable bonds is 4. The molecule has 4 heteroatoms. The van der Waals surface area contributed by atoms with E-state index in [0.717, 1.165) is 10.9 Å². The average molecular weight is 305 g/mol. The zero-order chi connectivity index (χ0) is 12.2. The first kappa shape index (κ1) is 13.5. The van der Waals surface area contributed by atoms with Gasteiger partial charge in [-0.3, -0.25) is 4.79 Å². The van der Waals surface area contributed by atoms with Crippen molar-refractivity contribution in [3.8, 4) is 0 Å². The number of carbonyl (C=O) groups excluding carboxylic acids is 1. The van der Waals surface area contributed by atoms with Crippen LogP contribution in [0.2, 0.25) is 0 Å². The van der Waals surface area contributed by atoms with Crippen molar-refractivity contribution in [3.05, 3.63) is 34.3 Å². The minimum atomic E-state index is -0.285. The molecule has 0 radical (unpaired) electrons. The maximum atomic E-state index is 11.2. The van der Waals surface area contributed by atoms with Crippen LogP contribution in [0.5, 0.6) is 0 Å². The van der Waals surface area contributed by atoms with E-state index in [1.807, 2.05) is 32.0 Å². The second-order valence-corrected chi connectivity index (χ2v) is 5.56. The fourth-order valence-corrected chi connectivity index (χ4v) is 2.13. The molecule has 0 aliphatic carbocycles. The molecule has 0 atom stereocenters. The third-order valence-electron chi connectivity index (χ3n) is 2.13. The summed E-state index contributed by atoms with van der Waals surface area (Å²) >= 11 is 8.89. The standard InChI is InChI=1S/C12H15BrClNO/c1-12(2,15-11(16)8-14)7-9-4-3-5-10(13)6-9/h3-6H,7-8H2,1-2H3,(H,15,16). The highest BCUT2D eigenvalue weighted by Crippen LogP contribution is 2.17. The molecule has 2 nitrogen and oxygen atoms in total. The van der Waals surface area contributed by atoms with Crippen molar-refractivity contribution in [2.24, 2.45) is 0 Å². The van der Waals surface area contributed by atoms with Crippen LogP contribution >= 0.6 is 27.5 Å².